The molecule has 0 aromatic rings. The van der Waals surface area contributed by atoms with Gasteiger partial charge in [-0.2, -0.15) is 0 Å². The quantitative estimate of drug-likeness (QED) is 0.770. The zero-order chi connectivity index (χ0) is 13.2. The zero-order valence-electron chi connectivity index (χ0n) is 10.9. The number of hydrogen-bond acceptors (Lipinski definition) is 4. The lowest BCUT2D eigenvalue weighted by Crippen LogP contribution is -2.40. The highest BCUT2D eigenvalue weighted by Crippen LogP contribution is 2.15. The number of carbonyl (C=O) groups excluding carboxylic acids is 1. The Morgan fingerprint density at radius 1 is 1.41 bits per heavy atom. The average Bonchev–Trinajstić information content (AvgIpc) is 2.44. The van der Waals surface area contributed by atoms with E-state index in [4.69, 9.17) is 0 Å². The van der Waals surface area contributed by atoms with Crippen LogP contribution < -0.4 is 5.32 Å². The number of nitrogens with zero attached hydrogens (tertiary/aromatic N) is 1. The van der Waals surface area contributed by atoms with E-state index in [0.29, 0.717) is 12.6 Å². The Kier molecular flexibility index (Phi) is 4.55. The molecule has 100 valence electrons. The first-order chi connectivity index (χ1) is 7.70. The smallest absolute Gasteiger partial charge is 0.241 e. The average molecular weight is 262 g/mol. The van der Waals surface area contributed by atoms with Gasteiger partial charge in [-0.15, -0.1) is 0 Å². The molecule has 0 aromatic heterocycles. The van der Waals surface area contributed by atoms with Gasteiger partial charge in [0.1, 0.15) is 9.84 Å². The van der Waals surface area contributed by atoms with Crippen molar-refractivity contribution in [2.75, 3.05) is 18.7 Å². The first-order valence-electron chi connectivity index (χ1n) is 5.92. The lowest BCUT2D eigenvalue weighted by atomic mass is 10.0. The van der Waals surface area contributed by atoms with Crippen LogP contribution in [0.25, 0.3) is 0 Å². The second-order valence-corrected chi connectivity index (χ2v) is 7.48. The van der Waals surface area contributed by atoms with Crippen molar-refractivity contribution in [3.05, 3.63) is 0 Å². The molecule has 6 heteroatoms. The van der Waals surface area contributed by atoms with Crippen LogP contribution >= 0.6 is 0 Å². The van der Waals surface area contributed by atoms with Crippen LogP contribution in [0.2, 0.25) is 0 Å². The molecule has 0 bridgehead atoms. The zero-order valence-corrected chi connectivity index (χ0v) is 11.8. The first-order valence-corrected chi connectivity index (χ1v) is 7.98. The van der Waals surface area contributed by atoms with Gasteiger partial charge in [0.25, 0.3) is 0 Å². The van der Waals surface area contributed by atoms with Gasteiger partial charge in [0.05, 0.1) is 18.5 Å². The normalized spacial score (nSPS) is 23.5. The summed E-state index contributed by atoms with van der Waals surface area (Å²) in [7, 11) is -3.05. The summed E-state index contributed by atoms with van der Waals surface area (Å²) >= 11 is 0. The SMILES string of the molecule is CC(C)CC1NCN(C(C)CS(C)(=O)=O)C1=O. The molecule has 2 unspecified atom stereocenters. The lowest BCUT2D eigenvalue weighted by molar-refractivity contribution is -0.130. The molecule has 0 aliphatic carbocycles. The van der Waals surface area contributed by atoms with Crippen molar-refractivity contribution >= 4 is 15.7 Å². The van der Waals surface area contributed by atoms with Crippen LogP contribution in [0.4, 0.5) is 0 Å². The standard InChI is InChI=1S/C11H22N2O3S/c1-8(2)5-10-11(14)13(7-12-10)9(3)6-17(4,15)16/h8-10,12H,5-7H2,1-4H3. The molecule has 17 heavy (non-hydrogen) atoms. The van der Waals surface area contributed by atoms with Gasteiger partial charge in [-0.3, -0.25) is 10.1 Å². The fourth-order valence-electron chi connectivity index (χ4n) is 2.13. The third kappa shape index (κ3) is 4.27. The molecule has 1 heterocycles. The summed E-state index contributed by atoms with van der Waals surface area (Å²) in [4.78, 5) is 13.7. The van der Waals surface area contributed by atoms with Crippen molar-refractivity contribution in [1.29, 1.82) is 0 Å². The molecule has 0 aromatic carbocycles. The van der Waals surface area contributed by atoms with Gasteiger partial charge in [-0.1, -0.05) is 13.8 Å². The largest absolute Gasteiger partial charge is 0.325 e. The van der Waals surface area contributed by atoms with Crippen molar-refractivity contribution < 1.29 is 13.2 Å². The Labute approximate surface area is 103 Å². The van der Waals surface area contributed by atoms with Crippen LogP contribution in [0.3, 0.4) is 0 Å². The number of rotatable bonds is 5. The van der Waals surface area contributed by atoms with Crippen LogP contribution in [0.1, 0.15) is 27.2 Å². The molecule has 0 radical (unpaired) electrons. The summed E-state index contributed by atoms with van der Waals surface area (Å²) < 4.78 is 22.4. The molecule has 5 nitrogen and oxygen atoms in total. The molecule has 1 saturated heterocycles. The maximum Gasteiger partial charge on any atom is 0.241 e. The Hall–Kier alpha value is -0.620. The van der Waals surface area contributed by atoms with Crippen molar-refractivity contribution in [1.82, 2.24) is 10.2 Å². The van der Waals surface area contributed by atoms with Gasteiger partial charge in [-0.25, -0.2) is 8.42 Å². The van der Waals surface area contributed by atoms with E-state index in [1.165, 1.54) is 6.26 Å². The molecular weight excluding hydrogens is 240 g/mol. The van der Waals surface area contributed by atoms with E-state index in [2.05, 4.69) is 19.2 Å². The summed E-state index contributed by atoms with van der Waals surface area (Å²) in [6.45, 7) is 6.36. The van der Waals surface area contributed by atoms with E-state index < -0.39 is 9.84 Å². The summed E-state index contributed by atoms with van der Waals surface area (Å²) in [5, 5.41) is 3.14. The Balaban J connectivity index is 2.60. The van der Waals surface area contributed by atoms with E-state index >= 15 is 0 Å². The van der Waals surface area contributed by atoms with Crippen LogP contribution in [0, 0.1) is 5.92 Å². The van der Waals surface area contributed by atoms with Crippen molar-refractivity contribution in [2.24, 2.45) is 5.92 Å². The second kappa shape index (κ2) is 5.35. The van der Waals surface area contributed by atoms with E-state index in [9.17, 15) is 13.2 Å². The van der Waals surface area contributed by atoms with Gasteiger partial charge < -0.3 is 4.90 Å². The number of carbonyl (C=O) groups is 1. The molecule has 1 fully saturated rings. The first kappa shape index (κ1) is 14.4. The number of sulfone groups is 1. The second-order valence-electron chi connectivity index (χ2n) is 5.29. The minimum absolute atomic E-state index is 0.0226. The molecule has 0 spiro atoms. The molecule has 1 aliphatic rings. The molecule has 1 N–H and O–H groups in total. The third-order valence-corrected chi connectivity index (χ3v) is 3.96. The van der Waals surface area contributed by atoms with Gasteiger partial charge in [0, 0.05) is 12.3 Å². The molecular formula is C11H22N2O3S. The monoisotopic (exact) mass is 262 g/mol. The van der Waals surface area contributed by atoms with Crippen LogP contribution in [-0.4, -0.2) is 50.0 Å². The van der Waals surface area contributed by atoms with Crippen molar-refractivity contribution in [2.45, 2.75) is 39.3 Å². The summed E-state index contributed by atoms with van der Waals surface area (Å²) in [5.41, 5.74) is 0. The summed E-state index contributed by atoms with van der Waals surface area (Å²) in [5.74, 6) is 0.492. The summed E-state index contributed by atoms with van der Waals surface area (Å²) in [6.07, 6.45) is 1.99. The molecule has 2 atom stereocenters. The fraction of sp³-hybridized carbons (Fsp3) is 0.909. The number of hydrogen-bond donors (Lipinski definition) is 1. The topological polar surface area (TPSA) is 66.5 Å². The highest BCUT2D eigenvalue weighted by molar-refractivity contribution is 7.90. The molecule has 1 aliphatic heterocycles. The maximum absolute atomic E-state index is 12.0. The van der Waals surface area contributed by atoms with E-state index in [-0.39, 0.29) is 23.7 Å². The highest BCUT2D eigenvalue weighted by atomic mass is 32.2. The summed E-state index contributed by atoms with van der Waals surface area (Å²) in [6, 6.07) is -0.417. The van der Waals surface area contributed by atoms with Gasteiger partial charge in [-0.05, 0) is 19.3 Å². The minimum atomic E-state index is -3.05. The lowest BCUT2D eigenvalue weighted by Gasteiger charge is -2.23. The van der Waals surface area contributed by atoms with Crippen LogP contribution in [-0.2, 0) is 14.6 Å². The van der Waals surface area contributed by atoms with Gasteiger partial charge >= 0.3 is 0 Å². The van der Waals surface area contributed by atoms with Gasteiger partial charge in [0.15, 0.2) is 0 Å². The Bertz CT molecular complexity index is 378. The van der Waals surface area contributed by atoms with E-state index in [1.54, 1.807) is 11.8 Å². The van der Waals surface area contributed by atoms with Crippen molar-refractivity contribution in [3.8, 4) is 0 Å². The highest BCUT2D eigenvalue weighted by Gasteiger charge is 2.34. The number of amides is 1. The predicted octanol–water partition coefficient (Wildman–Crippen LogP) is 0.224. The molecule has 0 saturated carbocycles. The minimum Gasteiger partial charge on any atom is -0.325 e. The van der Waals surface area contributed by atoms with E-state index in [1.807, 2.05) is 0 Å². The van der Waals surface area contributed by atoms with Gasteiger partial charge in [0.2, 0.25) is 5.91 Å². The maximum atomic E-state index is 12.0. The third-order valence-electron chi connectivity index (χ3n) is 2.87. The Morgan fingerprint density at radius 2 is 2.00 bits per heavy atom. The van der Waals surface area contributed by atoms with E-state index in [0.717, 1.165) is 6.42 Å². The van der Waals surface area contributed by atoms with Crippen molar-refractivity contribution in [3.63, 3.8) is 0 Å². The molecule has 1 amide bonds. The Morgan fingerprint density at radius 3 is 2.47 bits per heavy atom. The fourth-order valence-corrected chi connectivity index (χ4v) is 3.19. The molecule has 1 rings (SSSR count). The number of nitrogens with one attached hydrogen (secondary N) is 1. The predicted molar refractivity (Wildman–Crippen MR) is 67.3 cm³/mol. The van der Waals surface area contributed by atoms with Crippen LogP contribution in [0.15, 0.2) is 0 Å². The van der Waals surface area contributed by atoms with Crippen LogP contribution in [0.5, 0.6) is 0 Å².